The van der Waals surface area contributed by atoms with Crippen LogP contribution in [0.2, 0.25) is 5.02 Å². The van der Waals surface area contributed by atoms with Crippen LogP contribution in [0.25, 0.3) is 5.69 Å². The highest BCUT2D eigenvalue weighted by atomic mass is 35.5. The van der Waals surface area contributed by atoms with E-state index >= 15 is 0 Å². The Morgan fingerprint density at radius 3 is 2.68 bits per heavy atom. The maximum Gasteiger partial charge on any atom is 0.267 e. The van der Waals surface area contributed by atoms with Crippen LogP contribution in [0.3, 0.4) is 0 Å². The minimum absolute atomic E-state index is 0.0163. The van der Waals surface area contributed by atoms with Gasteiger partial charge >= 0.3 is 0 Å². The second kappa shape index (κ2) is 5.98. The normalized spacial score (nSPS) is 14.5. The molecule has 0 spiro atoms. The summed E-state index contributed by atoms with van der Waals surface area (Å²) in [6, 6.07) is 4.22. The van der Waals surface area contributed by atoms with Crippen molar-refractivity contribution in [2.24, 2.45) is 0 Å². The number of nitrogens with zero attached hydrogens (tertiary/aromatic N) is 2. The summed E-state index contributed by atoms with van der Waals surface area (Å²) in [5, 5.41) is -0.0163. The van der Waals surface area contributed by atoms with Gasteiger partial charge in [-0.2, -0.15) is 0 Å². The number of carbonyl (C=O) groups is 1. The molecule has 0 radical (unpaired) electrons. The van der Waals surface area contributed by atoms with Gasteiger partial charge in [-0.15, -0.1) is 0 Å². The number of amides is 1. The van der Waals surface area contributed by atoms with Crippen molar-refractivity contribution in [2.45, 2.75) is 12.8 Å². The Balaban J connectivity index is 2.04. The molecule has 0 unspecified atom stereocenters. The summed E-state index contributed by atoms with van der Waals surface area (Å²) >= 11 is 12.3. The molecule has 0 bridgehead atoms. The molecule has 22 heavy (non-hydrogen) atoms. The van der Waals surface area contributed by atoms with E-state index in [4.69, 9.17) is 29.6 Å². The Labute approximate surface area is 140 Å². The number of hydrogen-bond donors (Lipinski definition) is 1. The van der Waals surface area contributed by atoms with E-state index in [0.717, 1.165) is 25.9 Å². The van der Waals surface area contributed by atoms with Crippen molar-refractivity contribution in [2.75, 3.05) is 18.8 Å². The summed E-state index contributed by atoms with van der Waals surface area (Å²) in [4.78, 5) is 14.7. The van der Waals surface area contributed by atoms with Crippen molar-refractivity contribution in [1.82, 2.24) is 9.47 Å². The molecule has 1 amide bonds. The molecule has 2 aromatic rings. The molecular weight excluding hydrogens is 345 g/mol. The van der Waals surface area contributed by atoms with Crippen molar-refractivity contribution in [3.8, 4) is 5.69 Å². The average molecular weight is 358 g/mol. The summed E-state index contributed by atoms with van der Waals surface area (Å²) in [5.74, 6) is -0.341. The van der Waals surface area contributed by atoms with E-state index in [0.29, 0.717) is 14.5 Å². The molecule has 2 N–H and O–H groups in total. The van der Waals surface area contributed by atoms with Gasteiger partial charge in [0.05, 0.1) is 10.7 Å². The van der Waals surface area contributed by atoms with Gasteiger partial charge in [-0.3, -0.25) is 9.36 Å². The lowest BCUT2D eigenvalue weighted by molar-refractivity contribution is 0.0798. The zero-order valence-electron chi connectivity index (χ0n) is 11.5. The van der Waals surface area contributed by atoms with Crippen LogP contribution in [0.5, 0.6) is 0 Å². The van der Waals surface area contributed by atoms with Crippen LogP contribution in [0.4, 0.5) is 10.2 Å². The maximum atomic E-state index is 13.3. The van der Waals surface area contributed by atoms with E-state index in [9.17, 15) is 9.18 Å². The molecule has 116 valence electrons. The Hall–Kier alpha value is -1.44. The van der Waals surface area contributed by atoms with Crippen molar-refractivity contribution in [3.05, 3.63) is 37.9 Å². The molecule has 0 atom stereocenters. The van der Waals surface area contributed by atoms with Gasteiger partial charge in [0.15, 0.2) is 3.95 Å². The number of nitrogens with two attached hydrogens (primary N) is 1. The first-order chi connectivity index (χ1) is 10.5. The predicted octanol–water partition coefficient (Wildman–Crippen LogP) is 3.88. The number of carbonyl (C=O) groups excluding carboxylic acids is 1. The Morgan fingerprint density at radius 2 is 2.05 bits per heavy atom. The van der Waals surface area contributed by atoms with Gasteiger partial charge in [-0.25, -0.2) is 4.39 Å². The standard InChI is InChI=1S/C14H13ClFN3OS2/c15-9-7-8(3-4-10(9)16)19-12(17)11(22-14(19)21)13(20)18-5-1-2-6-18/h3-4,7H,1-2,5-6,17H2. The van der Waals surface area contributed by atoms with Crippen LogP contribution >= 0.6 is 35.2 Å². The molecule has 1 aromatic heterocycles. The van der Waals surface area contributed by atoms with Crippen LogP contribution in [-0.4, -0.2) is 28.5 Å². The van der Waals surface area contributed by atoms with Crippen LogP contribution in [0.15, 0.2) is 18.2 Å². The summed E-state index contributed by atoms with van der Waals surface area (Å²) in [6.07, 6.45) is 2.01. The molecule has 8 heteroatoms. The fourth-order valence-corrected chi connectivity index (χ4v) is 3.98. The van der Waals surface area contributed by atoms with Gasteiger partial charge in [0, 0.05) is 13.1 Å². The van der Waals surface area contributed by atoms with E-state index in [2.05, 4.69) is 0 Å². The second-order valence-corrected chi connectivity index (χ2v) is 7.07. The Bertz CT molecular complexity index is 796. The summed E-state index contributed by atoms with van der Waals surface area (Å²) in [6.45, 7) is 1.48. The van der Waals surface area contributed by atoms with Crippen LogP contribution in [0.1, 0.15) is 22.5 Å². The van der Waals surface area contributed by atoms with Gasteiger partial charge in [-0.05, 0) is 43.3 Å². The lowest BCUT2D eigenvalue weighted by Crippen LogP contribution is -2.27. The molecule has 1 aliphatic heterocycles. The van der Waals surface area contributed by atoms with Crippen molar-refractivity contribution < 1.29 is 9.18 Å². The zero-order chi connectivity index (χ0) is 15.9. The molecule has 3 rings (SSSR count). The first-order valence-corrected chi connectivity index (χ1v) is 8.35. The van der Waals surface area contributed by atoms with Crippen LogP contribution in [-0.2, 0) is 0 Å². The van der Waals surface area contributed by atoms with Gasteiger partial charge < -0.3 is 10.6 Å². The highest BCUT2D eigenvalue weighted by molar-refractivity contribution is 7.73. The number of aromatic nitrogens is 1. The minimum Gasteiger partial charge on any atom is -0.383 e. The third-order valence-electron chi connectivity index (χ3n) is 3.59. The number of likely N-dealkylation sites (tertiary alicyclic amines) is 1. The molecule has 0 aliphatic carbocycles. The quantitative estimate of drug-likeness (QED) is 0.830. The SMILES string of the molecule is Nc1c(C(=O)N2CCCC2)sc(=S)n1-c1ccc(F)c(Cl)c1. The van der Waals surface area contributed by atoms with Crippen molar-refractivity contribution in [3.63, 3.8) is 0 Å². The maximum absolute atomic E-state index is 13.3. The van der Waals surface area contributed by atoms with E-state index in [1.54, 1.807) is 9.47 Å². The molecule has 0 saturated carbocycles. The van der Waals surface area contributed by atoms with E-state index in [1.165, 1.54) is 29.5 Å². The zero-order valence-corrected chi connectivity index (χ0v) is 13.9. The number of anilines is 1. The summed E-state index contributed by atoms with van der Waals surface area (Å²) < 4.78 is 15.3. The van der Waals surface area contributed by atoms with Gasteiger partial charge in [0.1, 0.15) is 16.5 Å². The smallest absolute Gasteiger partial charge is 0.267 e. The number of hydrogen-bond acceptors (Lipinski definition) is 4. The number of benzene rings is 1. The van der Waals surface area contributed by atoms with Crippen LogP contribution in [0, 0.1) is 9.77 Å². The topological polar surface area (TPSA) is 51.3 Å². The predicted molar refractivity (Wildman–Crippen MR) is 89.0 cm³/mol. The third kappa shape index (κ3) is 2.64. The molecule has 1 aromatic carbocycles. The monoisotopic (exact) mass is 357 g/mol. The molecule has 2 heterocycles. The second-order valence-electron chi connectivity index (χ2n) is 5.02. The lowest BCUT2D eigenvalue weighted by atomic mass is 10.3. The highest BCUT2D eigenvalue weighted by Crippen LogP contribution is 2.30. The fourth-order valence-electron chi connectivity index (χ4n) is 2.47. The number of nitrogen functional groups attached to an aromatic ring is 1. The average Bonchev–Trinajstić information content (AvgIpc) is 3.10. The van der Waals surface area contributed by atoms with Gasteiger partial charge in [0.25, 0.3) is 5.91 Å². The summed E-state index contributed by atoms with van der Waals surface area (Å²) in [5.41, 5.74) is 6.66. The Morgan fingerprint density at radius 1 is 1.36 bits per heavy atom. The fraction of sp³-hybridized carbons (Fsp3) is 0.286. The number of rotatable bonds is 2. The Kier molecular flexibility index (Phi) is 4.20. The van der Waals surface area contributed by atoms with Crippen molar-refractivity contribution in [1.29, 1.82) is 0 Å². The largest absolute Gasteiger partial charge is 0.383 e. The lowest BCUT2D eigenvalue weighted by Gasteiger charge is -2.14. The number of halogens is 2. The molecule has 1 fully saturated rings. The minimum atomic E-state index is -0.515. The highest BCUT2D eigenvalue weighted by Gasteiger charge is 2.25. The first kappa shape index (κ1) is 15.5. The van der Waals surface area contributed by atoms with Crippen LogP contribution < -0.4 is 5.73 Å². The molecule has 1 aliphatic rings. The first-order valence-electron chi connectivity index (χ1n) is 6.75. The van der Waals surface area contributed by atoms with E-state index in [1.807, 2.05) is 0 Å². The molecular formula is C14H13ClFN3OS2. The summed E-state index contributed by atoms with van der Waals surface area (Å²) in [7, 11) is 0. The van der Waals surface area contributed by atoms with Gasteiger partial charge in [0.2, 0.25) is 0 Å². The number of thiazole rings is 1. The third-order valence-corrected chi connectivity index (χ3v) is 5.26. The molecule has 4 nitrogen and oxygen atoms in total. The van der Waals surface area contributed by atoms with Crippen molar-refractivity contribution >= 4 is 46.9 Å². The van der Waals surface area contributed by atoms with E-state index < -0.39 is 5.82 Å². The van der Waals surface area contributed by atoms with Gasteiger partial charge in [-0.1, -0.05) is 22.9 Å². The molecule has 1 saturated heterocycles. The van der Waals surface area contributed by atoms with E-state index in [-0.39, 0.29) is 16.7 Å².